The molecule has 9 heteroatoms. The molecule has 2 unspecified atom stereocenters. The van der Waals surface area contributed by atoms with Gasteiger partial charge in [-0.2, -0.15) is 10.9 Å². The van der Waals surface area contributed by atoms with Crippen molar-refractivity contribution in [2.45, 2.75) is 24.5 Å². The maximum Gasteiger partial charge on any atom is 0.353 e. The third-order valence-corrected chi connectivity index (χ3v) is 2.72. The summed E-state index contributed by atoms with van der Waals surface area (Å²) < 4.78 is 6.15. The lowest BCUT2D eigenvalue weighted by Gasteiger charge is -2.16. The summed E-state index contributed by atoms with van der Waals surface area (Å²) in [5, 5.41) is 28.2. The highest BCUT2D eigenvalue weighted by atomic mass is 16.6. The van der Waals surface area contributed by atoms with Crippen molar-refractivity contribution in [3.63, 3.8) is 0 Å². The van der Waals surface area contributed by atoms with Gasteiger partial charge >= 0.3 is 5.69 Å². The van der Waals surface area contributed by atoms with Crippen LogP contribution in [0.1, 0.15) is 6.23 Å². The van der Waals surface area contributed by atoms with Crippen molar-refractivity contribution in [1.82, 2.24) is 9.55 Å². The molecular weight excluding hydrogens is 246 g/mol. The van der Waals surface area contributed by atoms with Gasteiger partial charge in [0.25, 0.3) is 0 Å². The summed E-state index contributed by atoms with van der Waals surface area (Å²) in [6, 6.07) is 1.30. The Morgan fingerprint density at radius 2 is 2.22 bits per heavy atom. The smallest absolute Gasteiger partial charge is 0.353 e. The molecule has 0 saturated carbocycles. The summed E-state index contributed by atoms with van der Waals surface area (Å²) in [6.45, 7) is -0.471. The Kier molecular flexibility index (Phi) is 3.59. The first-order valence-corrected chi connectivity index (χ1v) is 5.17. The number of hydrogen-bond acceptors (Lipinski definition) is 8. The third-order valence-electron chi connectivity index (χ3n) is 2.72. The fourth-order valence-corrected chi connectivity index (χ4v) is 1.77. The van der Waals surface area contributed by atoms with Crippen LogP contribution in [-0.4, -0.2) is 49.8 Å². The molecule has 0 radical (unpaired) electrons. The van der Waals surface area contributed by atoms with Gasteiger partial charge in [0.1, 0.15) is 18.3 Å². The molecule has 4 atom stereocenters. The summed E-state index contributed by atoms with van der Waals surface area (Å²) in [5.74, 6) is 4.77. The average molecular weight is 259 g/mol. The summed E-state index contributed by atoms with van der Waals surface area (Å²) in [5.41, 5.74) is -0.757. The molecule has 1 aromatic rings. The van der Waals surface area contributed by atoms with Crippen molar-refractivity contribution < 1.29 is 24.9 Å². The van der Waals surface area contributed by atoms with Crippen molar-refractivity contribution >= 4 is 0 Å². The van der Waals surface area contributed by atoms with Crippen LogP contribution in [0.15, 0.2) is 17.1 Å². The van der Waals surface area contributed by atoms with E-state index in [2.05, 4.69) is 9.82 Å². The molecular formula is C9H13N3O6. The normalized spacial score (nSPS) is 31.6. The van der Waals surface area contributed by atoms with E-state index in [1.54, 1.807) is 0 Å². The second kappa shape index (κ2) is 5.00. The van der Waals surface area contributed by atoms with Gasteiger partial charge in [-0.1, -0.05) is 0 Å². The predicted molar refractivity (Wildman–Crippen MR) is 56.3 cm³/mol. The number of aliphatic hydroxyl groups is 3. The van der Waals surface area contributed by atoms with Gasteiger partial charge in [-0.15, -0.1) is 0 Å². The van der Waals surface area contributed by atoms with Gasteiger partial charge in [0.05, 0.1) is 6.61 Å². The minimum Gasteiger partial charge on any atom is -0.394 e. The first-order valence-electron chi connectivity index (χ1n) is 5.17. The summed E-state index contributed by atoms with van der Waals surface area (Å²) in [4.78, 5) is 19.4. The first-order chi connectivity index (χ1) is 8.58. The van der Waals surface area contributed by atoms with E-state index in [0.29, 0.717) is 0 Å². The van der Waals surface area contributed by atoms with Crippen LogP contribution < -0.4 is 16.4 Å². The molecule has 0 bridgehead atoms. The fourth-order valence-electron chi connectivity index (χ4n) is 1.77. The first kappa shape index (κ1) is 12.9. The molecule has 100 valence electrons. The monoisotopic (exact) mass is 259 g/mol. The quantitative estimate of drug-likeness (QED) is 0.424. The molecule has 9 nitrogen and oxygen atoms in total. The number of hydrogen-bond donors (Lipinski definition) is 4. The van der Waals surface area contributed by atoms with E-state index in [4.69, 9.17) is 15.7 Å². The number of aliphatic hydroxyl groups excluding tert-OH is 3. The Bertz CT molecular complexity index is 478. The lowest BCUT2D eigenvalue weighted by Crippen LogP contribution is -2.36. The molecule has 0 aliphatic carbocycles. The van der Waals surface area contributed by atoms with E-state index < -0.39 is 36.8 Å². The number of rotatable bonds is 3. The Hall–Kier alpha value is -1.52. The van der Waals surface area contributed by atoms with E-state index in [1.165, 1.54) is 12.3 Å². The molecule has 1 aliphatic heterocycles. The SMILES string of the molecule is NOc1ccn([C@@H]2O[C@H](CO)C(O)C2O)c(=O)n1. The molecule has 0 aromatic carbocycles. The summed E-state index contributed by atoms with van der Waals surface area (Å²) >= 11 is 0. The van der Waals surface area contributed by atoms with Gasteiger partial charge in [-0.05, 0) is 0 Å². The van der Waals surface area contributed by atoms with Crippen LogP contribution in [0.4, 0.5) is 0 Å². The van der Waals surface area contributed by atoms with E-state index in [0.717, 1.165) is 4.57 Å². The largest absolute Gasteiger partial charge is 0.394 e. The molecule has 1 fully saturated rings. The van der Waals surface area contributed by atoms with Crippen LogP contribution >= 0.6 is 0 Å². The molecule has 5 N–H and O–H groups in total. The zero-order valence-corrected chi connectivity index (χ0v) is 9.21. The van der Waals surface area contributed by atoms with Crippen molar-refractivity contribution in [3.8, 4) is 5.88 Å². The molecule has 1 saturated heterocycles. The third kappa shape index (κ3) is 2.09. The van der Waals surface area contributed by atoms with Gasteiger partial charge in [0.2, 0.25) is 5.88 Å². The zero-order chi connectivity index (χ0) is 13.3. The second-order valence-corrected chi connectivity index (χ2v) is 3.80. The molecule has 2 heterocycles. The Morgan fingerprint density at radius 3 is 2.72 bits per heavy atom. The highest BCUT2D eigenvalue weighted by Gasteiger charge is 2.43. The highest BCUT2D eigenvalue weighted by molar-refractivity contribution is 5.06. The molecule has 0 spiro atoms. The molecule has 18 heavy (non-hydrogen) atoms. The van der Waals surface area contributed by atoms with Crippen molar-refractivity contribution in [2.75, 3.05) is 6.61 Å². The standard InChI is InChI=1S/C9H13N3O6/c10-18-5-1-2-12(9(16)11-5)8-7(15)6(14)4(3-13)17-8/h1-2,4,6-8,13-15H,3,10H2/t4-,6?,7?,8-/m1/s1. The predicted octanol–water partition coefficient (Wildman–Crippen LogP) is -2.89. The maximum atomic E-state index is 11.6. The lowest BCUT2D eigenvalue weighted by atomic mass is 10.1. The van der Waals surface area contributed by atoms with Crippen LogP contribution in [0.5, 0.6) is 5.88 Å². The van der Waals surface area contributed by atoms with Crippen LogP contribution in [0.2, 0.25) is 0 Å². The number of aromatic nitrogens is 2. The minimum atomic E-state index is -1.34. The number of nitrogens with two attached hydrogens (primary N) is 1. The van der Waals surface area contributed by atoms with Crippen LogP contribution in [0.25, 0.3) is 0 Å². The molecule has 0 amide bonds. The van der Waals surface area contributed by atoms with E-state index in [-0.39, 0.29) is 5.88 Å². The van der Waals surface area contributed by atoms with Crippen molar-refractivity contribution in [1.29, 1.82) is 0 Å². The highest BCUT2D eigenvalue weighted by Crippen LogP contribution is 2.28. The molecule has 1 aliphatic rings. The van der Waals surface area contributed by atoms with Gasteiger partial charge in [-0.3, -0.25) is 4.57 Å². The Balaban J connectivity index is 2.30. The fraction of sp³-hybridized carbons (Fsp3) is 0.556. The molecule has 2 rings (SSSR count). The van der Waals surface area contributed by atoms with Gasteiger partial charge in [-0.25, -0.2) is 4.79 Å². The number of nitrogens with zero attached hydrogens (tertiary/aromatic N) is 2. The zero-order valence-electron chi connectivity index (χ0n) is 9.21. The van der Waals surface area contributed by atoms with E-state index >= 15 is 0 Å². The Morgan fingerprint density at radius 1 is 1.50 bits per heavy atom. The van der Waals surface area contributed by atoms with Crippen molar-refractivity contribution in [3.05, 3.63) is 22.7 Å². The van der Waals surface area contributed by atoms with E-state index in [1.807, 2.05) is 0 Å². The van der Waals surface area contributed by atoms with Gasteiger partial charge < -0.3 is 24.9 Å². The Labute approximate surface area is 101 Å². The second-order valence-electron chi connectivity index (χ2n) is 3.80. The summed E-state index contributed by atoms with van der Waals surface area (Å²) in [7, 11) is 0. The number of ether oxygens (including phenoxy) is 1. The lowest BCUT2D eigenvalue weighted by molar-refractivity contribution is -0.0551. The minimum absolute atomic E-state index is 0.0806. The average Bonchev–Trinajstić information content (AvgIpc) is 2.66. The van der Waals surface area contributed by atoms with Crippen LogP contribution in [0, 0.1) is 0 Å². The summed E-state index contributed by atoms with van der Waals surface area (Å²) in [6.07, 6.45) is -3.44. The topological polar surface area (TPSA) is 140 Å². The van der Waals surface area contributed by atoms with Gasteiger partial charge in [0, 0.05) is 12.3 Å². The van der Waals surface area contributed by atoms with Gasteiger partial charge in [0.15, 0.2) is 6.23 Å². The van der Waals surface area contributed by atoms with E-state index in [9.17, 15) is 15.0 Å². The molecule has 1 aromatic heterocycles. The maximum absolute atomic E-state index is 11.6. The van der Waals surface area contributed by atoms with Crippen molar-refractivity contribution in [2.24, 2.45) is 5.90 Å². The van der Waals surface area contributed by atoms with Crippen LogP contribution in [0.3, 0.4) is 0 Å². The van der Waals surface area contributed by atoms with Crippen LogP contribution in [-0.2, 0) is 4.74 Å².